The topological polar surface area (TPSA) is 44.8 Å². The van der Waals surface area contributed by atoms with Gasteiger partial charge in [0.1, 0.15) is 5.52 Å². The molecular formula is C8H10N4. The van der Waals surface area contributed by atoms with Crippen molar-refractivity contribution in [3.63, 3.8) is 0 Å². The van der Waals surface area contributed by atoms with Gasteiger partial charge in [0, 0.05) is 20.3 Å². The lowest BCUT2D eigenvalue weighted by Crippen LogP contribution is -2.09. The molecule has 62 valence electrons. The second-order valence-corrected chi connectivity index (χ2v) is 2.83. The van der Waals surface area contributed by atoms with E-state index in [1.165, 1.54) is 0 Å². The first-order chi connectivity index (χ1) is 5.79. The van der Waals surface area contributed by atoms with E-state index >= 15 is 0 Å². The number of rotatable bonds is 1. The van der Waals surface area contributed by atoms with E-state index in [-0.39, 0.29) is 0 Å². The van der Waals surface area contributed by atoms with Gasteiger partial charge >= 0.3 is 0 Å². The molecule has 4 heteroatoms. The van der Waals surface area contributed by atoms with Crippen LogP contribution in [-0.4, -0.2) is 29.0 Å². The predicted octanol–water partition coefficient (Wildman–Crippen LogP) is 1.02. The van der Waals surface area contributed by atoms with Crippen LogP contribution >= 0.6 is 0 Å². The maximum absolute atomic E-state index is 4.12. The number of aromatic nitrogens is 3. The van der Waals surface area contributed by atoms with Gasteiger partial charge in [-0.25, -0.2) is 9.97 Å². The molecule has 0 bridgehead atoms. The third-order valence-corrected chi connectivity index (χ3v) is 1.79. The molecule has 0 saturated heterocycles. The number of anilines is 1. The standard InChI is InChI=1S/C8H10N4/c1-12(2)6-3-4-9-8-7(6)10-5-11-8/h3-5H,1-2H3,(H,9,10,11). The SMILES string of the molecule is CN(C)c1ccnc2nc[nH]c12. The monoisotopic (exact) mass is 162 g/mol. The minimum atomic E-state index is 0.765. The molecule has 4 nitrogen and oxygen atoms in total. The van der Waals surface area contributed by atoms with Crippen LogP contribution in [0.1, 0.15) is 0 Å². The molecule has 0 aliphatic rings. The molecule has 0 spiro atoms. The Morgan fingerprint density at radius 2 is 2.17 bits per heavy atom. The largest absolute Gasteiger partial charge is 0.376 e. The van der Waals surface area contributed by atoms with Gasteiger partial charge < -0.3 is 9.88 Å². The maximum atomic E-state index is 4.12. The van der Waals surface area contributed by atoms with Gasteiger partial charge in [0.2, 0.25) is 0 Å². The summed E-state index contributed by atoms with van der Waals surface area (Å²) in [6.45, 7) is 0. The summed E-state index contributed by atoms with van der Waals surface area (Å²) in [6.07, 6.45) is 3.42. The van der Waals surface area contributed by atoms with Crippen LogP contribution in [0.3, 0.4) is 0 Å². The summed E-state index contributed by atoms with van der Waals surface area (Å²) >= 11 is 0. The zero-order valence-electron chi connectivity index (χ0n) is 7.07. The fourth-order valence-electron chi connectivity index (χ4n) is 1.21. The zero-order chi connectivity index (χ0) is 8.55. The number of imidazole rings is 1. The van der Waals surface area contributed by atoms with E-state index < -0.39 is 0 Å². The molecule has 2 heterocycles. The Labute approximate surface area is 70.3 Å². The molecule has 2 aromatic rings. The maximum Gasteiger partial charge on any atom is 0.179 e. The van der Waals surface area contributed by atoms with E-state index in [1.807, 2.05) is 25.1 Å². The molecule has 2 rings (SSSR count). The summed E-state index contributed by atoms with van der Waals surface area (Å²) in [6, 6.07) is 1.96. The lowest BCUT2D eigenvalue weighted by Gasteiger charge is -2.11. The van der Waals surface area contributed by atoms with Crippen molar-refractivity contribution in [1.82, 2.24) is 15.0 Å². The van der Waals surface area contributed by atoms with Crippen LogP contribution in [-0.2, 0) is 0 Å². The summed E-state index contributed by atoms with van der Waals surface area (Å²) in [5.74, 6) is 0. The molecule has 0 radical (unpaired) electrons. The van der Waals surface area contributed by atoms with Crippen molar-refractivity contribution in [2.24, 2.45) is 0 Å². The first-order valence-corrected chi connectivity index (χ1v) is 3.74. The first kappa shape index (κ1) is 7.09. The van der Waals surface area contributed by atoms with Crippen LogP contribution in [0.5, 0.6) is 0 Å². The molecule has 12 heavy (non-hydrogen) atoms. The van der Waals surface area contributed by atoms with Gasteiger partial charge in [-0.1, -0.05) is 0 Å². The average Bonchev–Trinajstić information content (AvgIpc) is 2.49. The van der Waals surface area contributed by atoms with Crippen molar-refractivity contribution >= 4 is 16.9 Å². The Bertz CT molecular complexity index is 391. The molecule has 0 saturated carbocycles. The molecular weight excluding hydrogens is 152 g/mol. The van der Waals surface area contributed by atoms with Crippen LogP contribution in [0, 0.1) is 0 Å². The summed E-state index contributed by atoms with van der Waals surface area (Å²) in [4.78, 5) is 13.3. The Hall–Kier alpha value is -1.58. The van der Waals surface area contributed by atoms with E-state index in [0.29, 0.717) is 0 Å². The highest BCUT2D eigenvalue weighted by Gasteiger charge is 2.03. The first-order valence-electron chi connectivity index (χ1n) is 3.74. The second kappa shape index (κ2) is 2.48. The molecule has 2 aromatic heterocycles. The zero-order valence-corrected chi connectivity index (χ0v) is 7.07. The third kappa shape index (κ3) is 0.922. The summed E-state index contributed by atoms with van der Waals surface area (Å²) in [5, 5.41) is 0. The van der Waals surface area contributed by atoms with Crippen LogP contribution in [0.4, 0.5) is 5.69 Å². The number of pyridine rings is 1. The number of fused-ring (bicyclic) bond motifs is 1. The van der Waals surface area contributed by atoms with E-state index in [9.17, 15) is 0 Å². The van der Waals surface area contributed by atoms with Gasteiger partial charge in [-0.3, -0.25) is 0 Å². The van der Waals surface area contributed by atoms with E-state index in [1.54, 1.807) is 12.5 Å². The van der Waals surface area contributed by atoms with Crippen LogP contribution in [0.25, 0.3) is 11.2 Å². The Balaban J connectivity index is 2.73. The van der Waals surface area contributed by atoms with Crippen molar-refractivity contribution in [1.29, 1.82) is 0 Å². The lowest BCUT2D eigenvalue weighted by molar-refractivity contribution is 1.13. The number of hydrogen-bond acceptors (Lipinski definition) is 3. The number of hydrogen-bond donors (Lipinski definition) is 1. The van der Waals surface area contributed by atoms with Crippen LogP contribution in [0.2, 0.25) is 0 Å². The van der Waals surface area contributed by atoms with Gasteiger partial charge in [0.05, 0.1) is 12.0 Å². The predicted molar refractivity (Wildman–Crippen MR) is 48.2 cm³/mol. The average molecular weight is 162 g/mol. The number of nitrogens with zero attached hydrogens (tertiary/aromatic N) is 3. The molecule has 0 aliphatic carbocycles. The fraction of sp³-hybridized carbons (Fsp3) is 0.250. The van der Waals surface area contributed by atoms with E-state index in [0.717, 1.165) is 16.9 Å². The molecule has 0 aromatic carbocycles. The minimum absolute atomic E-state index is 0.765. The Kier molecular flexibility index (Phi) is 1.46. The number of aromatic amines is 1. The van der Waals surface area contributed by atoms with Crippen LogP contribution < -0.4 is 4.90 Å². The Morgan fingerprint density at radius 1 is 1.33 bits per heavy atom. The second-order valence-electron chi connectivity index (χ2n) is 2.83. The van der Waals surface area contributed by atoms with E-state index in [4.69, 9.17) is 0 Å². The molecule has 1 N–H and O–H groups in total. The third-order valence-electron chi connectivity index (χ3n) is 1.79. The molecule has 0 amide bonds. The van der Waals surface area contributed by atoms with Crippen molar-refractivity contribution in [3.8, 4) is 0 Å². The van der Waals surface area contributed by atoms with Crippen LogP contribution in [0.15, 0.2) is 18.6 Å². The highest BCUT2D eigenvalue weighted by atomic mass is 15.1. The fourth-order valence-corrected chi connectivity index (χ4v) is 1.21. The highest BCUT2D eigenvalue weighted by molar-refractivity contribution is 5.85. The minimum Gasteiger partial charge on any atom is -0.376 e. The van der Waals surface area contributed by atoms with Crippen molar-refractivity contribution < 1.29 is 0 Å². The van der Waals surface area contributed by atoms with Crippen molar-refractivity contribution in [2.75, 3.05) is 19.0 Å². The number of H-pyrrole nitrogens is 1. The van der Waals surface area contributed by atoms with Gasteiger partial charge in [-0.05, 0) is 6.07 Å². The van der Waals surface area contributed by atoms with E-state index in [2.05, 4.69) is 15.0 Å². The molecule has 0 unspecified atom stereocenters. The Morgan fingerprint density at radius 3 is 2.92 bits per heavy atom. The van der Waals surface area contributed by atoms with Gasteiger partial charge in [0.15, 0.2) is 5.65 Å². The van der Waals surface area contributed by atoms with Gasteiger partial charge in [-0.15, -0.1) is 0 Å². The summed E-state index contributed by atoms with van der Waals surface area (Å²) in [5.41, 5.74) is 2.86. The molecule has 0 atom stereocenters. The lowest BCUT2D eigenvalue weighted by atomic mass is 10.3. The number of nitrogens with one attached hydrogen (secondary N) is 1. The smallest absolute Gasteiger partial charge is 0.179 e. The van der Waals surface area contributed by atoms with Crippen molar-refractivity contribution in [3.05, 3.63) is 18.6 Å². The summed E-state index contributed by atoms with van der Waals surface area (Å²) < 4.78 is 0. The summed E-state index contributed by atoms with van der Waals surface area (Å²) in [7, 11) is 3.99. The van der Waals surface area contributed by atoms with Gasteiger partial charge in [0.25, 0.3) is 0 Å². The highest BCUT2D eigenvalue weighted by Crippen LogP contribution is 2.19. The van der Waals surface area contributed by atoms with Crippen molar-refractivity contribution in [2.45, 2.75) is 0 Å². The molecule has 0 fully saturated rings. The van der Waals surface area contributed by atoms with Gasteiger partial charge in [-0.2, -0.15) is 0 Å². The quantitative estimate of drug-likeness (QED) is 0.681. The molecule has 0 aliphatic heterocycles. The normalized spacial score (nSPS) is 10.5.